The quantitative estimate of drug-likeness (QED) is 0.0350. The van der Waals surface area contributed by atoms with Crippen molar-refractivity contribution < 1.29 is 122 Å². The molecule has 764 valence electrons. The Labute approximate surface area is 824 Å². The van der Waals surface area contributed by atoms with Gasteiger partial charge in [-0.05, 0) is 250 Å². The lowest BCUT2D eigenvalue weighted by Gasteiger charge is -2.65. The van der Waals surface area contributed by atoms with E-state index in [2.05, 4.69) is 76.2 Å². The van der Waals surface area contributed by atoms with Crippen LogP contribution in [0.15, 0.2) is 133 Å². The number of Topliss-reactive ketones (excluding diaryl/α,β-unsaturated/α-hetero) is 2. The summed E-state index contributed by atoms with van der Waals surface area (Å²) >= 11 is 0. The fourth-order valence-corrected chi connectivity index (χ4v) is 32.7. The van der Waals surface area contributed by atoms with E-state index in [1.807, 2.05) is 33.8 Å². The molecule has 3 saturated heterocycles. The lowest BCUT2D eigenvalue weighted by atomic mass is 9.42. The van der Waals surface area contributed by atoms with Crippen LogP contribution in [-0.4, -0.2) is 197 Å². The molecule has 0 radical (unpaired) electrons. The number of aliphatic hydroxyl groups excluding tert-OH is 9. The van der Waals surface area contributed by atoms with Crippen molar-refractivity contribution in [3.8, 4) is 0 Å². The Morgan fingerprint density at radius 1 is 0.371 bits per heavy atom. The number of ketones is 3. The number of hydrogen-bond acceptors (Lipinski definition) is 25. The van der Waals surface area contributed by atoms with Crippen LogP contribution in [0.25, 0.3) is 0 Å². The number of carbonyl (C=O) groups excluding carboxylic acids is 9. The molecule has 9 N–H and O–H groups in total. The largest absolute Gasteiger partial charge is 0.462 e. The van der Waals surface area contributed by atoms with E-state index in [4.69, 9.17) is 33.2 Å². The number of fused-ring (bicyclic) bond motifs is 15. The lowest BCUT2D eigenvalue weighted by Crippen LogP contribution is -2.70. The van der Waals surface area contributed by atoms with Crippen molar-refractivity contribution in [3.05, 3.63) is 155 Å². The van der Waals surface area contributed by atoms with Crippen LogP contribution >= 0.6 is 0 Å². The molecular formula is C115H154O25. The molecule has 14 fully saturated rings. The highest BCUT2D eigenvalue weighted by Gasteiger charge is 2.75. The maximum absolute atomic E-state index is 15.2. The number of carbonyl (C=O) groups is 9. The van der Waals surface area contributed by atoms with Crippen molar-refractivity contribution >= 4 is 53.2 Å². The molecule has 25 heteroatoms. The van der Waals surface area contributed by atoms with Crippen LogP contribution in [0, 0.1) is 169 Å². The van der Waals surface area contributed by atoms with Gasteiger partial charge in [-0.1, -0.05) is 182 Å². The van der Waals surface area contributed by atoms with Gasteiger partial charge in [-0.2, -0.15) is 0 Å². The van der Waals surface area contributed by atoms with Crippen molar-refractivity contribution in [1.29, 1.82) is 0 Å². The van der Waals surface area contributed by atoms with Gasteiger partial charge in [0.2, 0.25) is 0 Å². The Hall–Kier alpha value is -7.95. The first-order valence-electron chi connectivity index (χ1n) is 52.8. The minimum absolute atomic E-state index is 0.0235. The van der Waals surface area contributed by atoms with E-state index in [1.54, 1.807) is 121 Å². The molecule has 0 aromatic heterocycles. The fraction of sp³-hybridized carbons (Fsp3) is 0.696. The average molecular weight is 1940 g/mol. The number of hydrogen-bond donors (Lipinski definition) is 9. The SMILES string of the molecule is CC(C)C1CC(=O)OC([C@H](C)C2=CC(=O)C3C4C(CC[C@]23C)[C@]2(C)C(C[C@H](OC(=O)c3ccccc3)C[C@@H]2OC(=O)c2ccccc2)[C@@H](OC(=O)c2ccccc2)[C@@H]4OC(=O)c2ccccc2)C1.CC(C)C1CC(=O)OC([C@H](C)C2CC(=O)C3C4C(CC[C@@]32C)[C@]2(C)C(C[C@H](O)C[C@@H]2O)[C@@H](O)[C@@H]4O)C1.CC(C)C1CC(O)OC([C@H](C)C2CC(=O)C3C4C(CC[C@@]32C)[C@]2(C)C(C[C@H](O)C[C@@H]2O)[C@@H](O)[C@@H]4O)C1. The van der Waals surface area contributed by atoms with E-state index in [-0.39, 0.29) is 154 Å². The summed E-state index contributed by atoms with van der Waals surface area (Å²) in [7, 11) is 0. The van der Waals surface area contributed by atoms with Gasteiger partial charge in [0.1, 0.15) is 48.2 Å². The molecule has 0 spiro atoms. The van der Waals surface area contributed by atoms with Crippen molar-refractivity contribution in [3.63, 3.8) is 0 Å². The topological polar surface area (TPSA) is 400 Å². The Balaban J connectivity index is 0.000000158. The van der Waals surface area contributed by atoms with E-state index >= 15 is 4.79 Å². The summed E-state index contributed by atoms with van der Waals surface area (Å²) in [6, 6.07) is 34.4. The van der Waals surface area contributed by atoms with Crippen molar-refractivity contribution in [1.82, 2.24) is 0 Å². The summed E-state index contributed by atoms with van der Waals surface area (Å²) < 4.78 is 44.4. The molecule has 12 aliphatic carbocycles. The smallest absolute Gasteiger partial charge is 0.338 e. The van der Waals surface area contributed by atoms with Crippen LogP contribution in [0.2, 0.25) is 0 Å². The molecule has 4 aromatic carbocycles. The van der Waals surface area contributed by atoms with Gasteiger partial charge in [-0.3, -0.25) is 24.0 Å². The van der Waals surface area contributed by atoms with Gasteiger partial charge in [0.15, 0.2) is 12.1 Å². The summed E-state index contributed by atoms with van der Waals surface area (Å²) in [6.07, 6.45) is -0.726. The second-order valence-electron chi connectivity index (χ2n) is 48.4. The third kappa shape index (κ3) is 18.3. The van der Waals surface area contributed by atoms with Crippen LogP contribution in [0.5, 0.6) is 0 Å². The maximum Gasteiger partial charge on any atom is 0.338 e. The molecule has 15 aliphatic rings. The predicted octanol–water partition coefficient (Wildman–Crippen LogP) is 15.3. The zero-order valence-electron chi connectivity index (χ0n) is 84.3. The molecule has 0 bridgehead atoms. The van der Waals surface area contributed by atoms with Gasteiger partial charge in [-0.15, -0.1) is 0 Å². The number of ether oxygens (including phenoxy) is 7. The van der Waals surface area contributed by atoms with E-state index in [0.29, 0.717) is 93.1 Å². The van der Waals surface area contributed by atoms with E-state index < -0.39 is 184 Å². The Kier molecular flexibility index (Phi) is 29.6. The van der Waals surface area contributed by atoms with Crippen molar-refractivity contribution in [2.75, 3.05) is 0 Å². The minimum Gasteiger partial charge on any atom is -0.462 e. The number of cyclic esters (lactones) is 2. The lowest BCUT2D eigenvalue weighted by molar-refractivity contribution is -0.252. The number of rotatable bonds is 17. The minimum atomic E-state index is -1.21. The van der Waals surface area contributed by atoms with Crippen molar-refractivity contribution in [2.24, 2.45) is 169 Å². The second-order valence-corrected chi connectivity index (χ2v) is 48.4. The number of benzene rings is 4. The summed E-state index contributed by atoms with van der Waals surface area (Å²) in [5, 5.41) is 98.8. The Morgan fingerprint density at radius 3 is 1.21 bits per heavy atom. The van der Waals surface area contributed by atoms with Crippen LogP contribution in [0.1, 0.15) is 274 Å². The molecule has 42 atom stereocenters. The number of aliphatic hydroxyl groups is 9. The van der Waals surface area contributed by atoms with E-state index in [9.17, 15) is 84.3 Å². The van der Waals surface area contributed by atoms with Crippen LogP contribution in [0.3, 0.4) is 0 Å². The van der Waals surface area contributed by atoms with E-state index in [1.165, 1.54) is 0 Å². The standard InChI is InChI=1S/C57H60O11.C29H48O7.C29H46O7/c1-33(2)39-28-45(65-47(59)29-39)34(3)42-32-44(58)49-48-41(26-27-56(42,49)4)57(5)43(50(67-54(62)37-22-14-8-15-23-37)51(48)68-55(63)38-24-16-9-17-25-38)30-40(64-52(60)35-18-10-6-11-19-35)31-46(57)66-53(61)36-20-12-7-13-21-36;2*1-13(2)15-8-21(36-23(33)9-15)14(3)18-12-20(31)25-24-17(6-7-28(18,25)4)29(5)19(26(34)27(24)35)10-16(30)11-22(29)32/h6-25,32-34,39-41,43,45-46,48-51H,26-31H2,1-5H3;13-19,21-27,30,32-35H,6-12H2,1-5H3;13-19,21-22,24-27,30,32,34-35H,6-12H2,1-5H3/t34-,39?,40+,41?,43?,45?,46+,48?,49?,50-,51-,56-,57-;14-,15?,16+,17?,18?,19?,21?,22+,23?,24?,25?,26-,27-,28-,29-;14-,15?,16+,17?,18?,19?,21?,22+,24?,25?,26-,27-,28-,29-/m111/s1. The highest BCUT2D eigenvalue weighted by atomic mass is 16.6. The van der Waals surface area contributed by atoms with Crippen molar-refractivity contribution in [2.45, 2.75) is 330 Å². The third-order valence-corrected chi connectivity index (χ3v) is 40.7. The number of allylic oxidation sites excluding steroid dienone is 1. The molecule has 25 nitrogen and oxygen atoms in total. The predicted molar refractivity (Wildman–Crippen MR) is 517 cm³/mol. The third-order valence-electron chi connectivity index (χ3n) is 40.7. The maximum atomic E-state index is 15.2. The highest BCUT2D eigenvalue weighted by molar-refractivity contribution is 5.98. The van der Waals surface area contributed by atoms with Gasteiger partial charge in [0, 0.05) is 102 Å². The zero-order chi connectivity index (χ0) is 101. The highest BCUT2D eigenvalue weighted by Crippen LogP contribution is 2.73. The molecule has 140 heavy (non-hydrogen) atoms. The van der Waals surface area contributed by atoms with Crippen LogP contribution < -0.4 is 0 Å². The molecular weight excluding hydrogens is 1780 g/mol. The number of esters is 6. The molecule has 3 aliphatic heterocycles. The second kappa shape index (κ2) is 40.1. The summed E-state index contributed by atoms with van der Waals surface area (Å²) in [5.41, 5.74) is -1.69. The molecule has 4 aromatic rings. The Bertz CT molecular complexity index is 5200. The first-order valence-corrected chi connectivity index (χ1v) is 52.8. The average Bonchev–Trinajstić information content (AvgIpc) is 1.21. The molecule has 21 unspecified atom stereocenters. The van der Waals surface area contributed by atoms with Gasteiger partial charge < -0.3 is 79.1 Å². The molecule has 19 rings (SSSR count). The first-order chi connectivity index (χ1) is 66.3. The van der Waals surface area contributed by atoms with Crippen LogP contribution in [0.4, 0.5) is 0 Å². The molecule has 0 amide bonds. The first kappa shape index (κ1) is 103. The Morgan fingerprint density at radius 2 is 0.764 bits per heavy atom. The van der Waals surface area contributed by atoms with Gasteiger partial charge in [-0.25, -0.2) is 19.2 Å². The van der Waals surface area contributed by atoms with Gasteiger partial charge in [0.05, 0.1) is 77.2 Å². The molecule has 3 heterocycles. The van der Waals surface area contributed by atoms with Crippen LogP contribution in [-0.2, 0) is 57.1 Å². The van der Waals surface area contributed by atoms with Gasteiger partial charge >= 0.3 is 35.8 Å². The fourth-order valence-electron chi connectivity index (χ4n) is 32.7. The summed E-state index contributed by atoms with van der Waals surface area (Å²) in [6.45, 7) is 31.7. The van der Waals surface area contributed by atoms with Gasteiger partial charge in [0.25, 0.3) is 0 Å². The summed E-state index contributed by atoms with van der Waals surface area (Å²) in [5.74, 6) is -6.13. The monoisotopic (exact) mass is 1940 g/mol. The molecule has 11 saturated carbocycles. The zero-order valence-corrected chi connectivity index (χ0v) is 84.3. The normalized spacial score (nSPS) is 44.0. The summed E-state index contributed by atoms with van der Waals surface area (Å²) in [4.78, 5) is 126. The van der Waals surface area contributed by atoms with E-state index in [0.717, 1.165) is 44.1 Å².